The number of ether oxygens (including phenoxy) is 1. The van der Waals surface area contributed by atoms with Crippen LogP contribution in [0.5, 0.6) is 0 Å². The van der Waals surface area contributed by atoms with Crippen LogP contribution in [-0.2, 0) is 9.53 Å². The summed E-state index contributed by atoms with van der Waals surface area (Å²) in [6.45, 7) is 0.00902. The molecule has 1 aromatic heterocycles. The second-order valence-electron chi connectivity index (χ2n) is 3.02. The number of hydrogen-bond donors (Lipinski definition) is 2. The molecule has 6 nitrogen and oxygen atoms in total. The average molecular weight is 221 g/mol. The zero-order valence-electron chi connectivity index (χ0n) is 8.67. The van der Waals surface area contributed by atoms with Gasteiger partial charge in [-0.3, -0.25) is 4.98 Å². The van der Waals surface area contributed by atoms with Crippen molar-refractivity contribution >= 4 is 11.7 Å². The van der Waals surface area contributed by atoms with Crippen molar-refractivity contribution in [3.05, 3.63) is 24.0 Å². The minimum atomic E-state index is -1.05. The number of nitriles is 1. The minimum absolute atomic E-state index is 0.00902. The molecule has 0 fully saturated rings. The van der Waals surface area contributed by atoms with Gasteiger partial charge < -0.3 is 15.2 Å². The Hall–Kier alpha value is -2.13. The van der Waals surface area contributed by atoms with Crippen LogP contribution in [0.3, 0.4) is 0 Å². The van der Waals surface area contributed by atoms with Crippen molar-refractivity contribution in [2.75, 3.05) is 19.0 Å². The normalized spacial score (nSPS) is 11.5. The molecule has 1 unspecified atom stereocenters. The molecule has 0 aliphatic heterocycles. The smallest absolute Gasteiger partial charge is 0.328 e. The Kier molecular flexibility index (Phi) is 4.24. The topological polar surface area (TPSA) is 95.2 Å². The van der Waals surface area contributed by atoms with Crippen LogP contribution in [0.1, 0.15) is 5.56 Å². The zero-order valence-corrected chi connectivity index (χ0v) is 8.67. The van der Waals surface area contributed by atoms with Gasteiger partial charge in [0.05, 0.1) is 24.1 Å². The predicted molar refractivity (Wildman–Crippen MR) is 55.9 cm³/mol. The predicted octanol–water partition coefficient (Wildman–Crippen LogP) is 0.465. The lowest BCUT2D eigenvalue weighted by Gasteiger charge is -2.14. The molecule has 0 aromatic carbocycles. The minimum Gasteiger partial charge on any atom is -0.480 e. The van der Waals surface area contributed by atoms with E-state index in [1.54, 1.807) is 0 Å². The van der Waals surface area contributed by atoms with E-state index >= 15 is 0 Å². The zero-order chi connectivity index (χ0) is 12.0. The molecule has 0 radical (unpaired) electrons. The molecular weight excluding hydrogens is 210 g/mol. The lowest BCUT2D eigenvalue weighted by Crippen LogP contribution is -2.33. The van der Waals surface area contributed by atoms with Gasteiger partial charge in [0.25, 0.3) is 0 Å². The van der Waals surface area contributed by atoms with Gasteiger partial charge in [-0.05, 0) is 6.07 Å². The third-order valence-corrected chi connectivity index (χ3v) is 1.90. The molecule has 2 N–H and O–H groups in total. The van der Waals surface area contributed by atoms with E-state index in [1.165, 1.54) is 25.6 Å². The van der Waals surface area contributed by atoms with Gasteiger partial charge in [-0.1, -0.05) is 0 Å². The highest BCUT2D eigenvalue weighted by molar-refractivity contribution is 5.78. The standard InChI is InChI=1S/C10H11N3O3/c1-16-6-9(10(14)15)13-8-5-12-3-2-7(8)4-11/h2-3,5,9,13H,6H2,1H3,(H,14,15). The van der Waals surface area contributed by atoms with Gasteiger partial charge in [-0.15, -0.1) is 0 Å². The van der Waals surface area contributed by atoms with Gasteiger partial charge in [0.1, 0.15) is 12.1 Å². The summed E-state index contributed by atoms with van der Waals surface area (Å²) in [4.78, 5) is 14.7. The molecule has 0 aliphatic carbocycles. The fourth-order valence-electron chi connectivity index (χ4n) is 1.14. The van der Waals surface area contributed by atoms with Gasteiger partial charge in [0.15, 0.2) is 0 Å². The van der Waals surface area contributed by atoms with E-state index in [4.69, 9.17) is 15.1 Å². The van der Waals surface area contributed by atoms with E-state index in [-0.39, 0.29) is 6.61 Å². The maximum atomic E-state index is 10.8. The largest absolute Gasteiger partial charge is 0.480 e. The van der Waals surface area contributed by atoms with Gasteiger partial charge >= 0.3 is 5.97 Å². The highest BCUT2D eigenvalue weighted by Gasteiger charge is 2.18. The molecule has 0 spiro atoms. The number of nitrogens with zero attached hydrogens (tertiary/aromatic N) is 2. The Morgan fingerprint density at radius 2 is 2.56 bits per heavy atom. The van der Waals surface area contributed by atoms with Gasteiger partial charge in [0.2, 0.25) is 0 Å². The maximum absolute atomic E-state index is 10.8. The number of aliphatic carboxylic acids is 1. The lowest BCUT2D eigenvalue weighted by atomic mass is 10.2. The molecule has 6 heteroatoms. The van der Waals surface area contributed by atoms with E-state index in [1.807, 2.05) is 6.07 Å². The molecule has 0 saturated carbocycles. The number of nitrogens with one attached hydrogen (secondary N) is 1. The molecule has 1 atom stereocenters. The van der Waals surface area contributed by atoms with Gasteiger partial charge in [-0.25, -0.2) is 4.79 Å². The van der Waals surface area contributed by atoms with Gasteiger partial charge in [-0.2, -0.15) is 5.26 Å². The van der Waals surface area contributed by atoms with Crippen molar-refractivity contribution in [1.82, 2.24) is 4.98 Å². The number of hydrogen-bond acceptors (Lipinski definition) is 5. The van der Waals surface area contributed by atoms with Crippen molar-refractivity contribution in [2.24, 2.45) is 0 Å². The fraction of sp³-hybridized carbons (Fsp3) is 0.300. The second kappa shape index (κ2) is 5.68. The Balaban J connectivity index is 2.85. The quantitative estimate of drug-likeness (QED) is 0.750. The molecule has 0 aliphatic rings. The molecular formula is C10H11N3O3. The number of anilines is 1. The van der Waals surface area contributed by atoms with Crippen LogP contribution in [0.15, 0.2) is 18.5 Å². The van der Waals surface area contributed by atoms with Crippen LogP contribution in [0.2, 0.25) is 0 Å². The molecule has 1 heterocycles. The summed E-state index contributed by atoms with van der Waals surface area (Å²) in [6, 6.07) is 2.55. The Morgan fingerprint density at radius 3 is 3.12 bits per heavy atom. The van der Waals surface area contributed by atoms with Crippen LogP contribution in [0.25, 0.3) is 0 Å². The van der Waals surface area contributed by atoms with Crippen molar-refractivity contribution in [3.8, 4) is 6.07 Å². The Bertz CT molecular complexity index is 414. The van der Waals surface area contributed by atoms with Crippen LogP contribution in [-0.4, -0.2) is 35.8 Å². The van der Waals surface area contributed by atoms with E-state index in [0.29, 0.717) is 11.3 Å². The van der Waals surface area contributed by atoms with Crippen molar-refractivity contribution < 1.29 is 14.6 Å². The number of aromatic nitrogens is 1. The first kappa shape index (κ1) is 11.9. The summed E-state index contributed by atoms with van der Waals surface area (Å²) in [5.74, 6) is -1.05. The summed E-state index contributed by atoms with van der Waals surface area (Å²) in [7, 11) is 1.41. The number of rotatable bonds is 5. The monoisotopic (exact) mass is 221 g/mol. The third kappa shape index (κ3) is 2.93. The maximum Gasteiger partial charge on any atom is 0.328 e. The van der Waals surface area contributed by atoms with Crippen molar-refractivity contribution in [3.63, 3.8) is 0 Å². The summed E-state index contributed by atoms with van der Waals surface area (Å²) in [5, 5.41) is 20.4. The van der Waals surface area contributed by atoms with Crippen LogP contribution >= 0.6 is 0 Å². The summed E-state index contributed by atoms with van der Waals surface area (Å²) in [5.41, 5.74) is 0.729. The summed E-state index contributed by atoms with van der Waals surface area (Å²) in [6.07, 6.45) is 2.87. The Morgan fingerprint density at radius 1 is 1.81 bits per heavy atom. The molecule has 16 heavy (non-hydrogen) atoms. The summed E-state index contributed by atoms with van der Waals surface area (Å²) >= 11 is 0. The van der Waals surface area contributed by atoms with Crippen LogP contribution in [0, 0.1) is 11.3 Å². The van der Waals surface area contributed by atoms with Crippen LogP contribution in [0.4, 0.5) is 5.69 Å². The summed E-state index contributed by atoms with van der Waals surface area (Å²) < 4.78 is 4.76. The first-order valence-electron chi connectivity index (χ1n) is 4.51. The van der Waals surface area contributed by atoms with E-state index in [9.17, 15) is 4.79 Å². The highest BCUT2D eigenvalue weighted by Crippen LogP contribution is 2.13. The van der Waals surface area contributed by atoms with Crippen molar-refractivity contribution in [1.29, 1.82) is 5.26 Å². The molecule has 0 amide bonds. The molecule has 0 saturated heterocycles. The number of carbonyl (C=O) groups is 1. The van der Waals surface area contributed by atoms with E-state index in [0.717, 1.165) is 0 Å². The second-order valence-corrected chi connectivity index (χ2v) is 3.02. The lowest BCUT2D eigenvalue weighted by molar-refractivity contribution is -0.139. The van der Waals surface area contributed by atoms with Gasteiger partial charge in [0, 0.05) is 13.3 Å². The Labute approximate surface area is 92.5 Å². The number of carboxylic acid groups (broad SMARTS) is 1. The number of pyridine rings is 1. The molecule has 1 aromatic rings. The van der Waals surface area contributed by atoms with E-state index < -0.39 is 12.0 Å². The average Bonchev–Trinajstić information content (AvgIpc) is 2.29. The molecule has 1 rings (SSSR count). The number of carboxylic acids is 1. The molecule has 0 bridgehead atoms. The van der Waals surface area contributed by atoms with Crippen molar-refractivity contribution in [2.45, 2.75) is 6.04 Å². The first-order valence-corrected chi connectivity index (χ1v) is 4.51. The first-order chi connectivity index (χ1) is 7.69. The van der Waals surface area contributed by atoms with E-state index in [2.05, 4.69) is 10.3 Å². The highest BCUT2D eigenvalue weighted by atomic mass is 16.5. The van der Waals surface area contributed by atoms with Crippen LogP contribution < -0.4 is 5.32 Å². The fourth-order valence-corrected chi connectivity index (χ4v) is 1.14. The SMILES string of the molecule is COCC(Nc1cnccc1C#N)C(=O)O. The molecule has 84 valence electrons. The third-order valence-electron chi connectivity index (χ3n) is 1.90. The number of methoxy groups -OCH3 is 1.